The molecule has 0 saturated heterocycles. The van der Waals surface area contributed by atoms with Crippen LogP contribution in [0, 0.1) is 6.92 Å². The van der Waals surface area contributed by atoms with E-state index in [1.807, 2.05) is 0 Å². The molecule has 0 radical (unpaired) electrons. The summed E-state index contributed by atoms with van der Waals surface area (Å²) in [6.45, 7) is 4.75. The largest absolute Gasteiger partial charge is 0.508 e. The fourth-order valence-corrected chi connectivity index (χ4v) is 2.24. The highest BCUT2D eigenvalue weighted by molar-refractivity contribution is 6.10. The molecule has 2 rings (SSSR count). The zero-order valence-electron chi connectivity index (χ0n) is 14.8. The van der Waals surface area contributed by atoms with Crippen LogP contribution in [0.3, 0.4) is 0 Å². The zero-order valence-corrected chi connectivity index (χ0v) is 14.8. The van der Waals surface area contributed by atoms with Gasteiger partial charge in [0, 0.05) is 28.6 Å². The van der Waals surface area contributed by atoms with Crippen molar-refractivity contribution in [2.24, 2.45) is 0 Å². The molecule has 0 spiro atoms. The van der Waals surface area contributed by atoms with Gasteiger partial charge in [-0.15, -0.1) is 0 Å². The Morgan fingerprint density at radius 3 is 2.19 bits per heavy atom. The van der Waals surface area contributed by atoms with Crippen LogP contribution in [0.25, 0.3) is 0 Å². The molecule has 0 unspecified atom stereocenters. The minimum atomic E-state index is -0.448. The summed E-state index contributed by atoms with van der Waals surface area (Å²) in [5, 5.41) is 14.7. The maximum absolute atomic E-state index is 12.2. The van der Waals surface area contributed by atoms with E-state index in [-0.39, 0.29) is 17.1 Å². The molecule has 2 aromatic carbocycles. The fraction of sp³-hybridized carbons (Fsp3) is 0.150. The molecule has 0 saturated carbocycles. The molecular weight excluding hydrogens is 332 g/mol. The normalized spacial score (nSPS) is 11.0. The van der Waals surface area contributed by atoms with E-state index in [0.29, 0.717) is 22.5 Å². The Bertz CT molecular complexity index is 883. The van der Waals surface area contributed by atoms with Crippen molar-refractivity contribution >= 4 is 29.0 Å². The summed E-state index contributed by atoms with van der Waals surface area (Å²) in [4.78, 5) is 35.5. The van der Waals surface area contributed by atoms with Crippen molar-refractivity contribution in [1.29, 1.82) is 0 Å². The number of nitrogens with one attached hydrogen (secondary N) is 2. The van der Waals surface area contributed by atoms with Crippen molar-refractivity contribution in [3.8, 4) is 5.75 Å². The lowest BCUT2D eigenvalue weighted by molar-refractivity contribution is -0.114. The molecule has 134 valence electrons. The van der Waals surface area contributed by atoms with E-state index in [1.165, 1.54) is 32.1 Å². The van der Waals surface area contributed by atoms with Crippen LogP contribution < -0.4 is 10.6 Å². The van der Waals surface area contributed by atoms with Gasteiger partial charge >= 0.3 is 0 Å². The number of hydrogen-bond acceptors (Lipinski definition) is 4. The van der Waals surface area contributed by atoms with Crippen LogP contribution in [0.15, 0.2) is 54.1 Å². The smallest absolute Gasteiger partial charge is 0.251 e. The molecule has 2 amide bonds. The van der Waals surface area contributed by atoms with Gasteiger partial charge in [0.1, 0.15) is 5.75 Å². The molecule has 0 aromatic heterocycles. The molecule has 0 aliphatic carbocycles. The number of aryl methyl sites for hydroxylation is 1. The quantitative estimate of drug-likeness (QED) is 0.436. The SMILES string of the molecule is CC(=O)c1ccc(NC(=O)/C=C(\C)C(=O)Nc2ccc(O)cc2C)cc1. The van der Waals surface area contributed by atoms with Crippen LogP contribution in [0.1, 0.15) is 29.8 Å². The lowest BCUT2D eigenvalue weighted by atomic mass is 10.1. The zero-order chi connectivity index (χ0) is 19.3. The second-order valence-electron chi connectivity index (χ2n) is 5.90. The Morgan fingerprint density at radius 2 is 1.62 bits per heavy atom. The van der Waals surface area contributed by atoms with Gasteiger partial charge in [0.15, 0.2) is 5.78 Å². The van der Waals surface area contributed by atoms with Gasteiger partial charge in [-0.2, -0.15) is 0 Å². The molecule has 2 aromatic rings. The Balaban J connectivity index is 2.01. The summed E-state index contributed by atoms with van der Waals surface area (Å²) < 4.78 is 0. The molecule has 3 N–H and O–H groups in total. The average molecular weight is 352 g/mol. The van der Waals surface area contributed by atoms with Gasteiger partial charge in [0.2, 0.25) is 5.91 Å². The molecule has 0 atom stereocenters. The van der Waals surface area contributed by atoms with Crippen molar-refractivity contribution in [3.05, 3.63) is 65.2 Å². The maximum Gasteiger partial charge on any atom is 0.251 e. The Kier molecular flexibility index (Phi) is 5.90. The molecule has 0 heterocycles. The summed E-state index contributed by atoms with van der Waals surface area (Å²) in [6, 6.07) is 11.1. The summed E-state index contributed by atoms with van der Waals surface area (Å²) in [5.74, 6) is -0.806. The lowest BCUT2D eigenvalue weighted by Crippen LogP contribution is -2.16. The molecule has 6 nitrogen and oxygen atoms in total. The second-order valence-corrected chi connectivity index (χ2v) is 5.90. The van der Waals surface area contributed by atoms with E-state index in [2.05, 4.69) is 10.6 Å². The number of rotatable bonds is 5. The Hall–Kier alpha value is -3.41. The van der Waals surface area contributed by atoms with Crippen molar-refractivity contribution in [1.82, 2.24) is 0 Å². The summed E-state index contributed by atoms with van der Waals surface area (Å²) in [6.07, 6.45) is 1.20. The first-order valence-electron chi connectivity index (χ1n) is 7.97. The minimum absolute atomic E-state index is 0.0557. The molecular formula is C20H20N2O4. The first-order valence-corrected chi connectivity index (χ1v) is 7.97. The van der Waals surface area contributed by atoms with Gasteiger partial charge < -0.3 is 15.7 Å². The first kappa shape index (κ1) is 18.9. The van der Waals surface area contributed by atoms with Crippen LogP contribution in [0.2, 0.25) is 0 Å². The van der Waals surface area contributed by atoms with E-state index in [9.17, 15) is 19.5 Å². The fourth-order valence-electron chi connectivity index (χ4n) is 2.24. The third-order valence-corrected chi connectivity index (χ3v) is 3.72. The third kappa shape index (κ3) is 5.04. The predicted molar refractivity (Wildman–Crippen MR) is 100 cm³/mol. The Labute approximate surface area is 151 Å². The van der Waals surface area contributed by atoms with Gasteiger partial charge in [-0.3, -0.25) is 14.4 Å². The number of phenols is 1. The summed E-state index contributed by atoms with van der Waals surface area (Å²) in [7, 11) is 0. The molecule has 26 heavy (non-hydrogen) atoms. The number of anilines is 2. The number of carbonyl (C=O) groups excluding carboxylic acids is 3. The molecule has 0 bridgehead atoms. The highest BCUT2D eigenvalue weighted by Gasteiger charge is 2.09. The second kappa shape index (κ2) is 8.11. The number of phenolic OH excluding ortho intramolecular Hbond substituents is 1. The van der Waals surface area contributed by atoms with Gasteiger partial charge in [0.25, 0.3) is 5.91 Å². The van der Waals surface area contributed by atoms with Crippen LogP contribution in [-0.2, 0) is 9.59 Å². The predicted octanol–water partition coefficient (Wildman–Crippen LogP) is 3.43. The van der Waals surface area contributed by atoms with Crippen molar-refractivity contribution < 1.29 is 19.5 Å². The molecule has 0 aliphatic heterocycles. The molecule has 0 fully saturated rings. The minimum Gasteiger partial charge on any atom is -0.508 e. The van der Waals surface area contributed by atoms with E-state index in [4.69, 9.17) is 0 Å². The van der Waals surface area contributed by atoms with E-state index in [0.717, 1.165) is 0 Å². The highest BCUT2D eigenvalue weighted by atomic mass is 16.3. The maximum atomic E-state index is 12.2. The van der Waals surface area contributed by atoms with Crippen LogP contribution in [0.5, 0.6) is 5.75 Å². The molecule has 0 aliphatic rings. The van der Waals surface area contributed by atoms with Crippen molar-refractivity contribution in [2.75, 3.05) is 10.6 Å². The number of Topliss-reactive ketones (excluding diaryl/α,β-unsaturated/α-hetero) is 1. The van der Waals surface area contributed by atoms with E-state index in [1.54, 1.807) is 37.3 Å². The van der Waals surface area contributed by atoms with Crippen LogP contribution in [0.4, 0.5) is 11.4 Å². The van der Waals surface area contributed by atoms with Crippen LogP contribution >= 0.6 is 0 Å². The number of hydrogen-bond donors (Lipinski definition) is 3. The number of benzene rings is 2. The van der Waals surface area contributed by atoms with Gasteiger partial charge in [0.05, 0.1) is 0 Å². The summed E-state index contributed by atoms with van der Waals surface area (Å²) in [5.41, 5.74) is 2.58. The van der Waals surface area contributed by atoms with Crippen molar-refractivity contribution in [2.45, 2.75) is 20.8 Å². The van der Waals surface area contributed by atoms with Crippen LogP contribution in [-0.4, -0.2) is 22.7 Å². The van der Waals surface area contributed by atoms with Gasteiger partial charge in [-0.25, -0.2) is 0 Å². The number of amides is 2. The van der Waals surface area contributed by atoms with Gasteiger partial charge in [-0.05, 0) is 68.8 Å². The monoisotopic (exact) mass is 352 g/mol. The van der Waals surface area contributed by atoms with Crippen molar-refractivity contribution in [3.63, 3.8) is 0 Å². The van der Waals surface area contributed by atoms with E-state index < -0.39 is 11.8 Å². The Morgan fingerprint density at radius 1 is 0.962 bits per heavy atom. The standard InChI is InChI=1S/C20H20N2O4/c1-12-10-17(24)8-9-18(12)22-20(26)13(2)11-19(25)21-16-6-4-15(5-7-16)14(3)23/h4-11,24H,1-3H3,(H,21,25)(H,22,26)/b13-11+. The highest BCUT2D eigenvalue weighted by Crippen LogP contribution is 2.20. The van der Waals surface area contributed by atoms with E-state index >= 15 is 0 Å². The summed E-state index contributed by atoms with van der Waals surface area (Å²) >= 11 is 0. The third-order valence-electron chi connectivity index (χ3n) is 3.72. The van der Waals surface area contributed by atoms with Gasteiger partial charge in [-0.1, -0.05) is 0 Å². The lowest BCUT2D eigenvalue weighted by Gasteiger charge is -2.09. The topological polar surface area (TPSA) is 95.5 Å². The number of carbonyl (C=O) groups is 3. The number of aromatic hydroxyl groups is 1. The number of ketones is 1. The molecule has 6 heteroatoms. The first-order chi connectivity index (χ1) is 12.3. The average Bonchev–Trinajstić information content (AvgIpc) is 2.57.